The van der Waals surface area contributed by atoms with Gasteiger partial charge in [0.1, 0.15) is 5.82 Å². The topological polar surface area (TPSA) is 58.3 Å². The lowest BCUT2D eigenvalue weighted by Crippen LogP contribution is -2.45. The van der Waals surface area contributed by atoms with Crippen molar-refractivity contribution in [2.24, 2.45) is 0 Å². The predicted molar refractivity (Wildman–Crippen MR) is 137 cm³/mol. The van der Waals surface area contributed by atoms with E-state index in [1.54, 1.807) is 28.8 Å². The van der Waals surface area contributed by atoms with Crippen LogP contribution in [-0.2, 0) is 4.74 Å². The van der Waals surface area contributed by atoms with Crippen LogP contribution in [0.2, 0.25) is 0 Å². The summed E-state index contributed by atoms with van der Waals surface area (Å²) >= 11 is 0. The Hall–Kier alpha value is -3.95. The van der Waals surface area contributed by atoms with Crippen molar-refractivity contribution < 1.29 is 9.13 Å². The van der Waals surface area contributed by atoms with Crippen molar-refractivity contribution in [3.63, 3.8) is 0 Å². The van der Waals surface area contributed by atoms with E-state index >= 15 is 0 Å². The standard InChI is InChI=1S/C29H26FN3O2/c1-18-15-33(23-10-8-22(9-11-23)32-16-19(2)35-20(3)17-32)29(34)26-6-4-5-25(28(18)26)24-12-7-21(14-31)13-27(24)30/h4-13,15,19-20H,16-17H2,1-3H3/t19-,20?/m1/s1. The fourth-order valence-corrected chi connectivity index (χ4v) is 5.03. The molecule has 3 aromatic carbocycles. The molecule has 0 saturated carbocycles. The molecule has 1 aliphatic rings. The van der Waals surface area contributed by atoms with E-state index in [-0.39, 0.29) is 23.3 Å². The van der Waals surface area contributed by atoms with Crippen molar-refractivity contribution >= 4 is 16.5 Å². The van der Waals surface area contributed by atoms with E-state index in [1.807, 2.05) is 49.5 Å². The third-order valence-corrected chi connectivity index (χ3v) is 6.53. The number of pyridine rings is 1. The fourth-order valence-electron chi connectivity index (χ4n) is 5.03. The van der Waals surface area contributed by atoms with Crippen LogP contribution < -0.4 is 10.5 Å². The Balaban J connectivity index is 1.57. The van der Waals surface area contributed by atoms with E-state index in [1.165, 1.54) is 6.07 Å². The van der Waals surface area contributed by atoms with Gasteiger partial charge < -0.3 is 9.64 Å². The molecule has 1 fully saturated rings. The minimum atomic E-state index is -0.484. The Morgan fingerprint density at radius 2 is 1.66 bits per heavy atom. The number of hydrogen-bond donors (Lipinski definition) is 0. The van der Waals surface area contributed by atoms with Gasteiger partial charge >= 0.3 is 0 Å². The number of fused-ring (bicyclic) bond motifs is 1. The van der Waals surface area contributed by atoms with E-state index in [4.69, 9.17) is 10.00 Å². The van der Waals surface area contributed by atoms with Gasteiger partial charge in [0.05, 0.1) is 23.8 Å². The summed E-state index contributed by atoms with van der Waals surface area (Å²) < 4.78 is 22.3. The van der Waals surface area contributed by atoms with Crippen molar-refractivity contribution in [1.29, 1.82) is 5.26 Å². The van der Waals surface area contributed by atoms with Crippen LogP contribution in [0.15, 0.2) is 71.7 Å². The molecule has 0 radical (unpaired) electrons. The van der Waals surface area contributed by atoms with Crippen LogP contribution in [0.1, 0.15) is 25.0 Å². The van der Waals surface area contributed by atoms with Gasteiger partial charge in [0.2, 0.25) is 0 Å². The minimum absolute atomic E-state index is 0.164. The van der Waals surface area contributed by atoms with Crippen molar-refractivity contribution in [3.05, 3.63) is 94.2 Å². The molecule has 0 bridgehead atoms. The highest BCUT2D eigenvalue weighted by atomic mass is 19.1. The molecule has 5 nitrogen and oxygen atoms in total. The molecule has 2 heterocycles. The number of nitriles is 1. The van der Waals surface area contributed by atoms with Crippen molar-refractivity contribution in [2.45, 2.75) is 33.0 Å². The Bertz CT molecular complexity index is 1510. The van der Waals surface area contributed by atoms with E-state index < -0.39 is 5.82 Å². The largest absolute Gasteiger partial charge is 0.372 e. The Kier molecular flexibility index (Phi) is 5.88. The van der Waals surface area contributed by atoms with Gasteiger partial charge in [-0.05, 0) is 79.7 Å². The number of halogens is 1. The van der Waals surface area contributed by atoms with Gasteiger partial charge in [-0.3, -0.25) is 9.36 Å². The lowest BCUT2D eigenvalue weighted by atomic mass is 9.95. The predicted octanol–water partition coefficient (Wildman–Crippen LogP) is 5.59. The summed E-state index contributed by atoms with van der Waals surface area (Å²) in [7, 11) is 0. The maximum Gasteiger partial charge on any atom is 0.262 e. The number of rotatable bonds is 3. The number of morpholine rings is 1. The zero-order valence-electron chi connectivity index (χ0n) is 20.0. The fraction of sp³-hybridized carbons (Fsp3) is 0.241. The molecule has 4 aromatic rings. The van der Waals surface area contributed by atoms with Gasteiger partial charge in [-0.1, -0.05) is 18.2 Å². The summed E-state index contributed by atoms with van der Waals surface area (Å²) in [6.45, 7) is 7.73. The van der Waals surface area contributed by atoms with Crippen LogP contribution in [0, 0.1) is 24.1 Å². The molecule has 176 valence electrons. The van der Waals surface area contributed by atoms with Crippen LogP contribution in [0.3, 0.4) is 0 Å². The lowest BCUT2D eigenvalue weighted by Gasteiger charge is -2.36. The summed E-state index contributed by atoms with van der Waals surface area (Å²) in [5, 5.41) is 10.3. The zero-order valence-corrected chi connectivity index (χ0v) is 20.0. The molecule has 0 N–H and O–H groups in total. The number of hydrogen-bond acceptors (Lipinski definition) is 4. The van der Waals surface area contributed by atoms with Gasteiger partial charge in [-0.15, -0.1) is 0 Å². The Morgan fingerprint density at radius 1 is 0.971 bits per heavy atom. The lowest BCUT2D eigenvalue weighted by molar-refractivity contribution is -0.00521. The number of benzene rings is 3. The molecule has 0 amide bonds. The average molecular weight is 468 g/mol. The average Bonchev–Trinajstić information content (AvgIpc) is 2.85. The number of ether oxygens (including phenoxy) is 1. The molecule has 1 aromatic heterocycles. The highest BCUT2D eigenvalue weighted by Crippen LogP contribution is 2.32. The summed E-state index contributed by atoms with van der Waals surface area (Å²) in [5.74, 6) is -0.484. The molecule has 2 atom stereocenters. The maximum absolute atomic E-state index is 14.8. The number of nitrogens with zero attached hydrogens (tertiary/aromatic N) is 3. The van der Waals surface area contributed by atoms with Crippen molar-refractivity contribution in [3.8, 4) is 22.9 Å². The Morgan fingerprint density at radius 3 is 2.31 bits per heavy atom. The second-order valence-electron chi connectivity index (χ2n) is 9.20. The molecular weight excluding hydrogens is 441 g/mol. The smallest absolute Gasteiger partial charge is 0.262 e. The molecule has 1 aliphatic heterocycles. The second-order valence-corrected chi connectivity index (χ2v) is 9.20. The number of aromatic nitrogens is 1. The molecule has 1 unspecified atom stereocenters. The Labute approximate surface area is 203 Å². The normalized spacial score (nSPS) is 18.0. The van der Waals surface area contributed by atoms with Gasteiger partial charge in [0.15, 0.2) is 0 Å². The second kappa shape index (κ2) is 9.01. The van der Waals surface area contributed by atoms with E-state index in [2.05, 4.69) is 18.7 Å². The monoisotopic (exact) mass is 467 g/mol. The summed E-state index contributed by atoms with van der Waals surface area (Å²) in [6, 6.07) is 19.7. The van der Waals surface area contributed by atoms with Crippen LogP contribution in [0.4, 0.5) is 10.1 Å². The quantitative estimate of drug-likeness (QED) is 0.394. The molecule has 6 heteroatoms. The SMILES string of the molecule is Cc1cn(-c2ccc(N3CC(C)O[C@H](C)C3)cc2)c(=O)c2cccc(-c3ccc(C#N)cc3F)c12. The molecule has 0 spiro atoms. The van der Waals surface area contributed by atoms with Crippen LogP contribution in [0.5, 0.6) is 0 Å². The number of aryl methyl sites for hydroxylation is 1. The summed E-state index contributed by atoms with van der Waals surface area (Å²) in [6.07, 6.45) is 2.14. The van der Waals surface area contributed by atoms with Crippen molar-refractivity contribution in [2.75, 3.05) is 18.0 Å². The first-order valence-electron chi connectivity index (χ1n) is 11.7. The first kappa shape index (κ1) is 22.8. The summed E-state index contributed by atoms with van der Waals surface area (Å²) in [4.78, 5) is 15.8. The van der Waals surface area contributed by atoms with Gasteiger partial charge in [-0.2, -0.15) is 5.26 Å². The number of anilines is 1. The van der Waals surface area contributed by atoms with E-state index in [9.17, 15) is 9.18 Å². The minimum Gasteiger partial charge on any atom is -0.372 e. The highest BCUT2D eigenvalue weighted by molar-refractivity contribution is 5.98. The third kappa shape index (κ3) is 4.20. The molecule has 0 aliphatic carbocycles. The summed E-state index contributed by atoms with van der Waals surface area (Å²) in [5.41, 5.74) is 3.83. The van der Waals surface area contributed by atoms with Crippen molar-refractivity contribution in [1.82, 2.24) is 4.57 Å². The van der Waals surface area contributed by atoms with Crippen LogP contribution in [0.25, 0.3) is 27.6 Å². The van der Waals surface area contributed by atoms with E-state index in [0.717, 1.165) is 30.0 Å². The van der Waals surface area contributed by atoms with Gasteiger partial charge in [0.25, 0.3) is 5.56 Å². The molecular formula is C29H26FN3O2. The van der Waals surface area contributed by atoms with Crippen LogP contribution >= 0.6 is 0 Å². The first-order valence-corrected chi connectivity index (χ1v) is 11.7. The van der Waals surface area contributed by atoms with Gasteiger partial charge in [-0.25, -0.2) is 4.39 Å². The molecule has 35 heavy (non-hydrogen) atoms. The molecule has 1 saturated heterocycles. The van der Waals surface area contributed by atoms with E-state index in [0.29, 0.717) is 21.9 Å². The third-order valence-electron chi connectivity index (χ3n) is 6.53. The van der Waals surface area contributed by atoms with Gasteiger partial charge in [0, 0.05) is 41.6 Å². The zero-order chi connectivity index (χ0) is 24.7. The maximum atomic E-state index is 14.8. The molecule has 5 rings (SSSR count). The van der Waals surface area contributed by atoms with Crippen LogP contribution in [-0.4, -0.2) is 29.9 Å². The highest BCUT2D eigenvalue weighted by Gasteiger charge is 2.22. The first-order chi connectivity index (χ1) is 16.9.